The molecule has 2 heterocycles. The predicted molar refractivity (Wildman–Crippen MR) is 125 cm³/mol. The zero-order chi connectivity index (χ0) is 22.9. The van der Waals surface area contributed by atoms with Crippen molar-refractivity contribution in [2.75, 3.05) is 5.32 Å². The van der Waals surface area contributed by atoms with E-state index in [-0.39, 0.29) is 17.6 Å². The van der Waals surface area contributed by atoms with Crippen LogP contribution < -0.4 is 10.6 Å². The first-order chi connectivity index (χ1) is 16.0. The highest BCUT2D eigenvalue weighted by molar-refractivity contribution is 7.99. The fraction of sp³-hybridized carbons (Fsp3) is 0.0417. The number of hydrogen-bond acceptors (Lipinski definition) is 6. The first-order valence-corrected chi connectivity index (χ1v) is 11.5. The van der Waals surface area contributed by atoms with Gasteiger partial charge >= 0.3 is 0 Å². The molecule has 3 N–H and O–H groups in total. The van der Waals surface area contributed by atoms with Gasteiger partial charge in [-0.2, -0.15) is 0 Å². The largest absolute Gasteiger partial charge is 0.508 e. The summed E-state index contributed by atoms with van der Waals surface area (Å²) in [6, 6.07) is 15.8. The second kappa shape index (κ2) is 8.68. The van der Waals surface area contributed by atoms with E-state index in [4.69, 9.17) is 0 Å². The molecular formula is C24H16FN3O3S2. The van der Waals surface area contributed by atoms with Crippen molar-refractivity contribution in [2.45, 2.75) is 16.3 Å². The van der Waals surface area contributed by atoms with Crippen LogP contribution in [0.1, 0.15) is 25.6 Å². The Balaban J connectivity index is 1.29. The van der Waals surface area contributed by atoms with Crippen LogP contribution in [-0.2, 0) is 6.54 Å². The van der Waals surface area contributed by atoms with Crippen molar-refractivity contribution < 1.29 is 19.1 Å². The van der Waals surface area contributed by atoms with Crippen LogP contribution in [0.2, 0.25) is 0 Å². The van der Waals surface area contributed by atoms with Gasteiger partial charge in [-0.15, -0.1) is 11.3 Å². The molecule has 0 radical (unpaired) electrons. The van der Waals surface area contributed by atoms with E-state index in [2.05, 4.69) is 15.6 Å². The summed E-state index contributed by atoms with van der Waals surface area (Å²) in [6.07, 6.45) is 1.71. The number of aromatic hydroxyl groups is 1. The summed E-state index contributed by atoms with van der Waals surface area (Å²) < 4.78 is 13.6. The Hall–Kier alpha value is -3.69. The van der Waals surface area contributed by atoms with Gasteiger partial charge in [0.2, 0.25) is 0 Å². The third kappa shape index (κ3) is 4.46. The molecule has 0 saturated carbocycles. The molecule has 164 valence electrons. The van der Waals surface area contributed by atoms with Crippen LogP contribution in [0.4, 0.5) is 10.1 Å². The number of rotatable bonds is 4. The van der Waals surface area contributed by atoms with Crippen molar-refractivity contribution in [3.63, 3.8) is 0 Å². The van der Waals surface area contributed by atoms with Gasteiger partial charge in [-0.1, -0.05) is 11.8 Å². The molecule has 4 aromatic rings. The monoisotopic (exact) mass is 477 g/mol. The number of hydrogen-bond donors (Lipinski definition) is 3. The van der Waals surface area contributed by atoms with Crippen molar-refractivity contribution in [2.24, 2.45) is 0 Å². The Labute approximate surface area is 196 Å². The van der Waals surface area contributed by atoms with Gasteiger partial charge in [0.25, 0.3) is 11.8 Å². The highest BCUT2D eigenvalue weighted by Crippen LogP contribution is 2.39. The molecule has 2 amide bonds. The normalized spacial score (nSPS) is 12.3. The zero-order valence-corrected chi connectivity index (χ0v) is 18.6. The highest BCUT2D eigenvalue weighted by Gasteiger charge is 2.21. The molecule has 0 atom stereocenters. The molecular weight excluding hydrogens is 461 g/mol. The number of nitrogens with zero attached hydrogens (tertiary/aromatic N) is 1. The summed E-state index contributed by atoms with van der Waals surface area (Å²) in [6.45, 7) is 0.303. The Morgan fingerprint density at radius 3 is 2.70 bits per heavy atom. The van der Waals surface area contributed by atoms with Crippen molar-refractivity contribution >= 4 is 40.6 Å². The molecule has 1 aliphatic heterocycles. The zero-order valence-electron chi connectivity index (χ0n) is 17.0. The Kier molecular flexibility index (Phi) is 5.57. The smallest absolute Gasteiger partial charge is 0.256 e. The molecule has 9 heteroatoms. The van der Waals surface area contributed by atoms with Crippen molar-refractivity contribution in [1.82, 2.24) is 10.3 Å². The first kappa shape index (κ1) is 21.2. The number of carbonyl (C=O) groups excluding carboxylic acids is 2. The Morgan fingerprint density at radius 2 is 1.88 bits per heavy atom. The number of amides is 2. The topological polar surface area (TPSA) is 91.3 Å². The molecule has 0 spiro atoms. The van der Waals surface area contributed by atoms with E-state index in [9.17, 15) is 19.1 Å². The quantitative estimate of drug-likeness (QED) is 0.371. The van der Waals surface area contributed by atoms with Crippen LogP contribution >= 0.6 is 23.1 Å². The maximum Gasteiger partial charge on any atom is 0.256 e. The minimum absolute atomic E-state index is 0.189. The molecule has 0 bridgehead atoms. The second-order valence-corrected chi connectivity index (χ2v) is 9.47. The third-order valence-corrected chi connectivity index (χ3v) is 7.17. The summed E-state index contributed by atoms with van der Waals surface area (Å²) in [5.41, 5.74) is 2.17. The van der Waals surface area contributed by atoms with E-state index in [0.717, 1.165) is 20.3 Å². The average molecular weight is 478 g/mol. The predicted octanol–water partition coefficient (Wildman–Crippen LogP) is 5.30. The van der Waals surface area contributed by atoms with E-state index in [1.54, 1.807) is 48.7 Å². The Morgan fingerprint density at radius 1 is 1.06 bits per heavy atom. The van der Waals surface area contributed by atoms with E-state index >= 15 is 0 Å². The van der Waals surface area contributed by atoms with Crippen LogP contribution in [0, 0.1) is 5.82 Å². The molecule has 0 saturated heterocycles. The number of phenolic OH excluding ortho intramolecular Hbond substituents is 1. The molecule has 0 unspecified atom stereocenters. The maximum atomic E-state index is 13.6. The number of fused-ring (bicyclic) bond motifs is 2. The van der Waals surface area contributed by atoms with E-state index in [1.165, 1.54) is 41.3 Å². The molecule has 5 rings (SSSR count). The summed E-state index contributed by atoms with van der Waals surface area (Å²) in [4.78, 5) is 31.8. The molecule has 0 aliphatic carbocycles. The summed E-state index contributed by atoms with van der Waals surface area (Å²) in [7, 11) is 0. The van der Waals surface area contributed by atoms with E-state index in [1.807, 2.05) is 0 Å². The number of halogens is 1. The minimum atomic E-state index is -0.412. The first-order valence-electron chi connectivity index (χ1n) is 9.91. The fourth-order valence-corrected chi connectivity index (χ4v) is 5.22. The lowest BCUT2D eigenvalue weighted by Crippen LogP contribution is -2.22. The fourth-order valence-electron chi connectivity index (χ4n) is 3.33. The van der Waals surface area contributed by atoms with E-state index in [0.29, 0.717) is 28.3 Å². The summed E-state index contributed by atoms with van der Waals surface area (Å²) in [5, 5.41) is 15.9. The number of thiazole rings is 1. The SMILES string of the molecule is O=C(NCc1cnc(-c2ccc(O)cc2)s1)c1ccc2c(c1)NC(=O)c1ccc(F)cc1S2. The number of phenols is 1. The van der Waals surface area contributed by atoms with E-state index < -0.39 is 5.82 Å². The van der Waals surface area contributed by atoms with Crippen molar-refractivity contribution in [3.05, 3.63) is 88.7 Å². The number of carbonyl (C=O) groups is 2. The van der Waals surface area contributed by atoms with Crippen molar-refractivity contribution in [3.8, 4) is 16.3 Å². The lowest BCUT2D eigenvalue weighted by Gasteiger charge is -2.09. The number of nitrogens with one attached hydrogen (secondary N) is 2. The van der Waals surface area contributed by atoms with Gasteiger partial charge < -0.3 is 15.7 Å². The Bertz CT molecular complexity index is 1390. The van der Waals surface area contributed by atoms with Gasteiger partial charge in [-0.05, 0) is 60.7 Å². The molecule has 1 aromatic heterocycles. The summed E-state index contributed by atoms with van der Waals surface area (Å²) in [5.74, 6) is -0.857. The number of aromatic nitrogens is 1. The minimum Gasteiger partial charge on any atom is -0.508 e. The van der Waals surface area contributed by atoms with Crippen LogP contribution in [-0.4, -0.2) is 21.9 Å². The van der Waals surface area contributed by atoms with Crippen molar-refractivity contribution in [1.29, 1.82) is 0 Å². The van der Waals surface area contributed by atoms with Gasteiger partial charge in [0, 0.05) is 32.0 Å². The van der Waals surface area contributed by atoms with Gasteiger partial charge in [0.05, 0.1) is 17.8 Å². The van der Waals surface area contributed by atoms with Gasteiger partial charge in [0.15, 0.2) is 0 Å². The van der Waals surface area contributed by atoms with Gasteiger partial charge in [-0.25, -0.2) is 9.37 Å². The van der Waals surface area contributed by atoms with Crippen LogP contribution in [0.15, 0.2) is 76.7 Å². The molecule has 6 nitrogen and oxygen atoms in total. The standard InChI is InChI=1S/C24H16FN3O3S2/c25-15-4-7-18-21(10-15)33-20-8-3-14(9-19(20)28-23(18)31)22(30)26-11-17-12-27-24(32-17)13-1-5-16(29)6-2-13/h1-10,12,29H,11H2,(H,26,30)(H,28,31). The lowest BCUT2D eigenvalue weighted by molar-refractivity contribution is 0.0949. The van der Waals surface area contributed by atoms with Gasteiger partial charge in [-0.3, -0.25) is 9.59 Å². The van der Waals surface area contributed by atoms with Crippen LogP contribution in [0.3, 0.4) is 0 Å². The summed E-state index contributed by atoms with van der Waals surface area (Å²) >= 11 is 2.73. The van der Waals surface area contributed by atoms with Crippen LogP contribution in [0.5, 0.6) is 5.75 Å². The van der Waals surface area contributed by atoms with Crippen LogP contribution in [0.25, 0.3) is 10.6 Å². The number of anilines is 1. The molecule has 3 aromatic carbocycles. The molecule has 1 aliphatic rings. The lowest BCUT2D eigenvalue weighted by atomic mass is 10.1. The third-order valence-electron chi connectivity index (χ3n) is 4.99. The number of benzene rings is 3. The molecule has 0 fully saturated rings. The maximum absolute atomic E-state index is 13.6. The molecule has 33 heavy (non-hydrogen) atoms. The second-order valence-electron chi connectivity index (χ2n) is 7.27. The van der Waals surface area contributed by atoms with Gasteiger partial charge in [0.1, 0.15) is 16.6 Å². The average Bonchev–Trinajstić information content (AvgIpc) is 3.23. The highest BCUT2D eigenvalue weighted by atomic mass is 32.2.